The van der Waals surface area contributed by atoms with E-state index in [0.29, 0.717) is 35.9 Å². The first-order valence-electron chi connectivity index (χ1n) is 11.7. The van der Waals surface area contributed by atoms with Gasteiger partial charge in [0, 0.05) is 37.3 Å². The second-order valence-corrected chi connectivity index (χ2v) is 7.32. The van der Waals surface area contributed by atoms with Crippen LogP contribution in [0.5, 0.6) is 5.75 Å². The zero-order valence-corrected chi connectivity index (χ0v) is 18.1. The number of carbonyl (C=O) groups is 2. The van der Waals surface area contributed by atoms with Crippen LogP contribution in [0.25, 0.3) is 11.4 Å². The Hall–Kier alpha value is -4.22. The van der Waals surface area contributed by atoms with Crippen molar-refractivity contribution in [3.8, 4) is 17.1 Å². The number of nitrogens with zero attached hydrogens (tertiary/aromatic N) is 6. The standard InChI is InChI=1S/C21H25N9O3/c1-22-20(31)17-15(11-16(26-27-17)25-21(32)30-9-4-5-10-30)24-14-8-6-7-13(18(14)33-3)19-23-12-29(2)28-19/h6-8,11-12H,4-5,9-10H2,1-3H3,(H,22,31)(H2,24,25,26,32)/i1D3. The minimum Gasteiger partial charge on any atom is -0.494 e. The lowest BCUT2D eigenvalue weighted by atomic mass is 10.1. The fraction of sp³-hybridized carbons (Fsp3) is 0.333. The minimum atomic E-state index is -2.74. The number of rotatable bonds is 6. The van der Waals surface area contributed by atoms with Crippen molar-refractivity contribution in [1.82, 2.24) is 35.2 Å². The van der Waals surface area contributed by atoms with Crippen LogP contribution in [0.4, 0.5) is 22.0 Å². The predicted octanol–water partition coefficient (Wildman–Crippen LogP) is 2.01. The Morgan fingerprint density at radius 2 is 2.00 bits per heavy atom. The number of urea groups is 1. The summed E-state index contributed by atoms with van der Waals surface area (Å²) in [6.45, 7) is -1.47. The highest BCUT2D eigenvalue weighted by molar-refractivity contribution is 5.99. The van der Waals surface area contributed by atoms with Crippen molar-refractivity contribution in [1.29, 1.82) is 0 Å². The Labute approximate surface area is 194 Å². The first-order chi connectivity index (χ1) is 17.1. The van der Waals surface area contributed by atoms with Gasteiger partial charge in [0.15, 0.2) is 23.1 Å². The normalized spacial score (nSPS) is 14.7. The van der Waals surface area contributed by atoms with Gasteiger partial charge in [-0.3, -0.25) is 14.8 Å². The van der Waals surface area contributed by atoms with Crippen molar-refractivity contribution in [2.75, 3.05) is 37.8 Å². The Morgan fingerprint density at radius 3 is 2.70 bits per heavy atom. The Kier molecular flexibility index (Phi) is 5.29. The minimum absolute atomic E-state index is 0.0846. The van der Waals surface area contributed by atoms with E-state index in [1.54, 1.807) is 41.2 Å². The molecular weight excluding hydrogens is 426 g/mol. The molecule has 12 heteroatoms. The molecule has 2 aromatic heterocycles. The maximum atomic E-state index is 12.7. The molecule has 4 rings (SSSR count). The molecule has 1 saturated heterocycles. The molecule has 3 heterocycles. The highest BCUT2D eigenvalue weighted by atomic mass is 16.5. The number of ether oxygens (including phenoxy) is 1. The van der Waals surface area contributed by atoms with E-state index >= 15 is 0 Å². The highest BCUT2D eigenvalue weighted by Crippen LogP contribution is 2.37. The van der Waals surface area contributed by atoms with Gasteiger partial charge in [-0.05, 0) is 25.0 Å². The molecule has 0 spiro atoms. The summed E-state index contributed by atoms with van der Waals surface area (Å²) < 4.78 is 29.2. The number of anilines is 3. The van der Waals surface area contributed by atoms with Gasteiger partial charge in [0.25, 0.3) is 5.91 Å². The summed E-state index contributed by atoms with van der Waals surface area (Å²) in [5.74, 6) is -0.0830. The third-order valence-electron chi connectivity index (χ3n) is 5.08. The van der Waals surface area contributed by atoms with E-state index in [9.17, 15) is 9.59 Å². The van der Waals surface area contributed by atoms with Gasteiger partial charge in [-0.1, -0.05) is 6.07 Å². The van der Waals surface area contributed by atoms with Gasteiger partial charge < -0.3 is 20.3 Å². The van der Waals surface area contributed by atoms with Crippen molar-refractivity contribution in [2.45, 2.75) is 12.8 Å². The van der Waals surface area contributed by atoms with Gasteiger partial charge in [-0.2, -0.15) is 5.10 Å². The van der Waals surface area contributed by atoms with Gasteiger partial charge in [-0.25, -0.2) is 9.78 Å². The molecule has 0 radical (unpaired) electrons. The summed E-state index contributed by atoms with van der Waals surface area (Å²) in [6, 6.07) is 6.27. The molecule has 3 amide bonds. The first-order valence-corrected chi connectivity index (χ1v) is 10.2. The average molecular weight is 455 g/mol. The van der Waals surface area contributed by atoms with Crippen LogP contribution in [0, 0.1) is 0 Å². The van der Waals surface area contributed by atoms with Crippen molar-refractivity contribution < 1.29 is 18.4 Å². The van der Waals surface area contributed by atoms with Crippen LogP contribution in [0.15, 0.2) is 30.6 Å². The monoisotopic (exact) mass is 454 g/mol. The number of amides is 3. The zero-order chi connectivity index (χ0) is 25.9. The van der Waals surface area contributed by atoms with Crippen LogP contribution < -0.4 is 20.7 Å². The number of benzene rings is 1. The molecule has 0 aliphatic carbocycles. The molecule has 1 aromatic carbocycles. The summed E-state index contributed by atoms with van der Waals surface area (Å²) in [5.41, 5.74) is 0.831. The maximum absolute atomic E-state index is 12.7. The van der Waals surface area contributed by atoms with Crippen molar-refractivity contribution in [2.24, 2.45) is 7.05 Å². The van der Waals surface area contributed by atoms with Crippen LogP contribution in [0.2, 0.25) is 0 Å². The summed E-state index contributed by atoms with van der Waals surface area (Å²) in [5, 5.41) is 19.7. The second kappa shape index (κ2) is 9.51. The van der Waals surface area contributed by atoms with E-state index in [4.69, 9.17) is 8.85 Å². The van der Waals surface area contributed by atoms with E-state index in [1.807, 2.05) is 5.32 Å². The number of para-hydroxylation sites is 1. The van der Waals surface area contributed by atoms with Crippen molar-refractivity contribution in [3.05, 3.63) is 36.3 Å². The number of hydrogen-bond donors (Lipinski definition) is 3. The molecule has 33 heavy (non-hydrogen) atoms. The lowest BCUT2D eigenvalue weighted by Gasteiger charge is -2.18. The third-order valence-corrected chi connectivity index (χ3v) is 5.08. The lowest BCUT2D eigenvalue weighted by molar-refractivity contribution is 0.0958. The summed E-state index contributed by atoms with van der Waals surface area (Å²) >= 11 is 0. The predicted molar refractivity (Wildman–Crippen MR) is 122 cm³/mol. The van der Waals surface area contributed by atoms with E-state index in [0.717, 1.165) is 12.8 Å². The van der Waals surface area contributed by atoms with E-state index in [-0.39, 0.29) is 23.2 Å². The highest BCUT2D eigenvalue weighted by Gasteiger charge is 2.21. The Balaban J connectivity index is 1.71. The number of likely N-dealkylation sites (tertiary alicyclic amines) is 1. The molecule has 0 bridgehead atoms. The molecule has 1 aliphatic rings. The summed E-state index contributed by atoms with van der Waals surface area (Å²) in [4.78, 5) is 31.1. The van der Waals surface area contributed by atoms with E-state index < -0.39 is 12.9 Å². The van der Waals surface area contributed by atoms with E-state index in [1.165, 1.54) is 13.2 Å². The van der Waals surface area contributed by atoms with E-state index in [2.05, 4.69) is 30.9 Å². The fourth-order valence-electron chi connectivity index (χ4n) is 3.52. The second-order valence-electron chi connectivity index (χ2n) is 7.32. The molecule has 0 saturated carbocycles. The number of aryl methyl sites for hydroxylation is 1. The number of aromatic nitrogens is 5. The summed E-state index contributed by atoms with van der Waals surface area (Å²) in [7, 11) is 3.21. The topological polar surface area (TPSA) is 139 Å². The number of nitrogens with one attached hydrogen (secondary N) is 3. The van der Waals surface area contributed by atoms with Crippen LogP contribution in [-0.4, -0.2) is 69.0 Å². The molecule has 1 fully saturated rings. The molecule has 3 N–H and O–H groups in total. The van der Waals surface area contributed by atoms with Crippen LogP contribution >= 0.6 is 0 Å². The number of methoxy groups -OCH3 is 1. The molecule has 3 aromatic rings. The third kappa shape index (κ3) is 4.68. The smallest absolute Gasteiger partial charge is 0.323 e. The fourth-order valence-corrected chi connectivity index (χ4v) is 3.52. The Bertz CT molecular complexity index is 1270. The molecule has 12 nitrogen and oxygen atoms in total. The number of carbonyl (C=O) groups excluding carboxylic acids is 2. The Morgan fingerprint density at radius 1 is 1.18 bits per heavy atom. The summed E-state index contributed by atoms with van der Waals surface area (Å²) in [6.07, 6.45) is 3.39. The molecule has 0 unspecified atom stereocenters. The molecule has 0 atom stereocenters. The first kappa shape index (κ1) is 18.4. The zero-order valence-electron chi connectivity index (χ0n) is 21.1. The maximum Gasteiger partial charge on any atom is 0.323 e. The number of hydrogen-bond acceptors (Lipinski definition) is 8. The molecular formula is C21H25N9O3. The van der Waals surface area contributed by atoms with Crippen LogP contribution in [-0.2, 0) is 7.05 Å². The molecule has 172 valence electrons. The van der Waals surface area contributed by atoms with Crippen LogP contribution in [0.1, 0.15) is 27.4 Å². The van der Waals surface area contributed by atoms with Crippen LogP contribution in [0.3, 0.4) is 0 Å². The van der Waals surface area contributed by atoms with Gasteiger partial charge in [-0.15, -0.1) is 10.2 Å². The van der Waals surface area contributed by atoms with Gasteiger partial charge in [0.1, 0.15) is 6.33 Å². The van der Waals surface area contributed by atoms with Gasteiger partial charge in [0.2, 0.25) is 0 Å². The van der Waals surface area contributed by atoms with Crippen molar-refractivity contribution >= 4 is 29.1 Å². The van der Waals surface area contributed by atoms with Crippen molar-refractivity contribution in [3.63, 3.8) is 0 Å². The SMILES string of the molecule is [2H]C([2H])([2H])NC(=O)c1nnc(NC(=O)N2CCCC2)cc1Nc1cccc(-c2ncn(C)n2)c1OC. The average Bonchev–Trinajstić information content (AvgIpc) is 3.50. The lowest BCUT2D eigenvalue weighted by Crippen LogP contribution is -2.32. The van der Waals surface area contributed by atoms with Gasteiger partial charge >= 0.3 is 6.03 Å². The largest absolute Gasteiger partial charge is 0.494 e. The van der Waals surface area contributed by atoms with Gasteiger partial charge in [0.05, 0.1) is 24.0 Å². The molecule has 1 aliphatic heterocycles. The quantitative estimate of drug-likeness (QED) is 0.514.